The Morgan fingerprint density at radius 3 is 2.48 bits per heavy atom. The fraction of sp³-hybridized carbons (Fsp3) is 0.375. The van der Waals surface area contributed by atoms with Crippen LogP contribution in [-0.4, -0.2) is 33.7 Å². The number of hydrogen-bond donors (Lipinski definition) is 3. The average molecular weight is 289 g/mol. The third kappa shape index (κ3) is 3.31. The fourth-order valence-corrected chi connectivity index (χ4v) is 2.63. The van der Waals surface area contributed by atoms with Crippen LogP contribution in [0.5, 0.6) is 0 Å². The number of aliphatic hydroxyl groups is 1. The first-order valence-electron chi connectivity index (χ1n) is 6.87. The molecule has 112 valence electrons. The third-order valence-corrected chi connectivity index (χ3v) is 3.87. The zero-order valence-corrected chi connectivity index (χ0v) is 11.7. The summed E-state index contributed by atoms with van der Waals surface area (Å²) in [5, 5.41) is 21.1. The molecule has 0 spiro atoms. The van der Waals surface area contributed by atoms with Crippen LogP contribution in [0, 0.1) is 0 Å². The number of aliphatic hydroxyl groups excluding tert-OH is 1. The number of rotatable bonds is 6. The largest absolute Gasteiger partial charge is 0.480 e. The number of amides is 1. The van der Waals surface area contributed by atoms with Gasteiger partial charge in [0.1, 0.15) is 5.54 Å². The molecule has 0 heterocycles. The van der Waals surface area contributed by atoms with Gasteiger partial charge in [0.05, 0.1) is 6.10 Å². The second-order valence-electron chi connectivity index (χ2n) is 5.45. The molecule has 5 nitrogen and oxygen atoms in total. The van der Waals surface area contributed by atoms with Crippen molar-refractivity contribution in [1.29, 1.82) is 0 Å². The SMILES string of the molecule is C=CC(CC(=O)NC1(C(=O)O)CC(O)C1)c1ccccc1. The molecule has 0 bridgehead atoms. The van der Waals surface area contributed by atoms with E-state index >= 15 is 0 Å². The van der Waals surface area contributed by atoms with Crippen molar-refractivity contribution in [3.63, 3.8) is 0 Å². The fourth-order valence-electron chi connectivity index (χ4n) is 2.63. The lowest BCUT2D eigenvalue weighted by atomic mass is 9.74. The quantitative estimate of drug-likeness (QED) is 0.692. The highest BCUT2D eigenvalue weighted by Gasteiger charge is 2.51. The lowest BCUT2D eigenvalue weighted by molar-refractivity contribution is -0.157. The number of benzene rings is 1. The Morgan fingerprint density at radius 2 is 2.00 bits per heavy atom. The lowest BCUT2D eigenvalue weighted by Gasteiger charge is -2.42. The van der Waals surface area contributed by atoms with E-state index in [1.165, 1.54) is 0 Å². The van der Waals surface area contributed by atoms with Crippen molar-refractivity contribution in [3.05, 3.63) is 48.6 Å². The summed E-state index contributed by atoms with van der Waals surface area (Å²) in [4.78, 5) is 23.4. The molecule has 3 N–H and O–H groups in total. The molecule has 1 aliphatic carbocycles. The number of nitrogens with one attached hydrogen (secondary N) is 1. The van der Waals surface area contributed by atoms with Crippen LogP contribution in [0.25, 0.3) is 0 Å². The summed E-state index contributed by atoms with van der Waals surface area (Å²) in [6.07, 6.45) is 1.26. The number of hydrogen-bond acceptors (Lipinski definition) is 3. The molecule has 2 rings (SSSR count). The first-order valence-corrected chi connectivity index (χ1v) is 6.87. The van der Waals surface area contributed by atoms with Gasteiger partial charge in [0.25, 0.3) is 0 Å². The van der Waals surface area contributed by atoms with E-state index in [0.29, 0.717) is 0 Å². The predicted molar refractivity (Wildman–Crippen MR) is 77.7 cm³/mol. The summed E-state index contributed by atoms with van der Waals surface area (Å²) in [5.41, 5.74) is -0.362. The molecule has 1 atom stereocenters. The summed E-state index contributed by atoms with van der Waals surface area (Å²) in [7, 11) is 0. The van der Waals surface area contributed by atoms with Gasteiger partial charge < -0.3 is 15.5 Å². The third-order valence-electron chi connectivity index (χ3n) is 3.87. The number of carboxylic acid groups (broad SMARTS) is 1. The second kappa shape index (κ2) is 6.10. The van der Waals surface area contributed by atoms with Gasteiger partial charge in [-0.1, -0.05) is 36.4 Å². The van der Waals surface area contributed by atoms with E-state index in [0.717, 1.165) is 5.56 Å². The molecule has 0 saturated heterocycles. The minimum Gasteiger partial charge on any atom is -0.480 e. The van der Waals surface area contributed by atoms with Crippen LogP contribution in [0.4, 0.5) is 0 Å². The Balaban J connectivity index is 2.00. The Bertz CT molecular complexity index is 534. The minimum absolute atomic E-state index is 0.0537. The van der Waals surface area contributed by atoms with Gasteiger partial charge >= 0.3 is 5.97 Å². The van der Waals surface area contributed by atoms with E-state index in [9.17, 15) is 19.8 Å². The normalized spacial score (nSPS) is 25.5. The molecule has 1 unspecified atom stereocenters. The first kappa shape index (κ1) is 15.3. The Labute approximate surface area is 123 Å². The Morgan fingerprint density at radius 1 is 1.38 bits per heavy atom. The highest BCUT2D eigenvalue weighted by atomic mass is 16.4. The molecule has 5 heteroatoms. The summed E-state index contributed by atoms with van der Waals surface area (Å²) in [5.74, 6) is -1.61. The van der Waals surface area contributed by atoms with Gasteiger partial charge in [0, 0.05) is 25.2 Å². The highest BCUT2D eigenvalue weighted by molar-refractivity contribution is 5.88. The maximum absolute atomic E-state index is 12.1. The monoisotopic (exact) mass is 289 g/mol. The molecule has 1 fully saturated rings. The summed E-state index contributed by atoms with van der Waals surface area (Å²) in [6, 6.07) is 9.45. The van der Waals surface area contributed by atoms with Crippen molar-refractivity contribution in [1.82, 2.24) is 5.32 Å². The molecule has 21 heavy (non-hydrogen) atoms. The van der Waals surface area contributed by atoms with Gasteiger partial charge in [-0.05, 0) is 5.56 Å². The van der Waals surface area contributed by atoms with Crippen molar-refractivity contribution < 1.29 is 19.8 Å². The van der Waals surface area contributed by atoms with Gasteiger partial charge in [-0.15, -0.1) is 6.58 Å². The smallest absolute Gasteiger partial charge is 0.329 e. The van der Waals surface area contributed by atoms with Gasteiger partial charge in [0.15, 0.2) is 0 Å². The van der Waals surface area contributed by atoms with Crippen LogP contribution in [0.15, 0.2) is 43.0 Å². The first-order chi connectivity index (χ1) is 9.97. The molecule has 1 aromatic carbocycles. The van der Waals surface area contributed by atoms with Gasteiger partial charge in [0.2, 0.25) is 5.91 Å². The van der Waals surface area contributed by atoms with Crippen molar-refractivity contribution >= 4 is 11.9 Å². The minimum atomic E-state index is -1.32. The molecule has 1 aliphatic rings. The number of aliphatic carboxylic acids is 1. The Kier molecular flexibility index (Phi) is 4.43. The molecule has 1 aromatic rings. The van der Waals surface area contributed by atoms with Gasteiger partial charge in [-0.25, -0.2) is 4.79 Å². The predicted octanol–water partition coefficient (Wildman–Crippen LogP) is 1.44. The van der Waals surface area contributed by atoms with E-state index in [2.05, 4.69) is 11.9 Å². The molecule has 0 aliphatic heterocycles. The van der Waals surface area contributed by atoms with Gasteiger partial charge in [-0.3, -0.25) is 4.79 Å². The zero-order chi connectivity index (χ0) is 15.5. The number of allylic oxidation sites excluding steroid dienone is 1. The van der Waals surface area contributed by atoms with Crippen LogP contribution in [0.1, 0.15) is 30.7 Å². The second-order valence-corrected chi connectivity index (χ2v) is 5.45. The Hall–Kier alpha value is -2.14. The van der Waals surface area contributed by atoms with Crippen molar-refractivity contribution in [2.24, 2.45) is 0 Å². The zero-order valence-electron chi connectivity index (χ0n) is 11.7. The molecule has 0 aromatic heterocycles. The lowest BCUT2D eigenvalue weighted by Crippen LogP contribution is -2.64. The average Bonchev–Trinajstić information content (AvgIpc) is 2.43. The van der Waals surface area contributed by atoms with Crippen molar-refractivity contribution in [3.8, 4) is 0 Å². The number of carbonyl (C=O) groups excluding carboxylic acids is 1. The van der Waals surface area contributed by atoms with E-state index in [1.54, 1.807) is 6.08 Å². The summed E-state index contributed by atoms with van der Waals surface area (Å²) >= 11 is 0. The maximum atomic E-state index is 12.1. The van der Waals surface area contributed by atoms with Crippen molar-refractivity contribution in [2.45, 2.75) is 36.8 Å². The number of carboxylic acids is 1. The van der Waals surface area contributed by atoms with E-state index < -0.39 is 17.6 Å². The molecular weight excluding hydrogens is 270 g/mol. The molecular formula is C16H19NO4. The molecule has 1 amide bonds. The number of carbonyl (C=O) groups is 2. The van der Waals surface area contributed by atoms with E-state index in [-0.39, 0.29) is 31.1 Å². The van der Waals surface area contributed by atoms with E-state index in [1.807, 2.05) is 30.3 Å². The highest BCUT2D eigenvalue weighted by Crippen LogP contribution is 2.33. The van der Waals surface area contributed by atoms with Gasteiger partial charge in [-0.2, -0.15) is 0 Å². The summed E-state index contributed by atoms with van der Waals surface area (Å²) in [6.45, 7) is 3.73. The topological polar surface area (TPSA) is 86.6 Å². The van der Waals surface area contributed by atoms with E-state index in [4.69, 9.17) is 0 Å². The maximum Gasteiger partial charge on any atom is 0.329 e. The van der Waals surface area contributed by atoms with Crippen LogP contribution in [0.3, 0.4) is 0 Å². The molecule has 0 radical (unpaired) electrons. The van der Waals surface area contributed by atoms with Crippen molar-refractivity contribution in [2.75, 3.05) is 0 Å². The van der Waals surface area contributed by atoms with Crippen LogP contribution < -0.4 is 5.32 Å². The summed E-state index contributed by atoms with van der Waals surface area (Å²) < 4.78 is 0. The van der Waals surface area contributed by atoms with Crippen LogP contribution in [0.2, 0.25) is 0 Å². The molecule has 1 saturated carbocycles. The standard InChI is InChI=1S/C16H19NO4/c1-2-11(12-6-4-3-5-7-12)8-14(19)17-16(15(20)21)9-13(18)10-16/h2-7,11,13,18H,1,8-10H2,(H,17,19)(H,20,21). The van der Waals surface area contributed by atoms with Crippen LogP contribution in [-0.2, 0) is 9.59 Å². The van der Waals surface area contributed by atoms with Crippen LogP contribution >= 0.6 is 0 Å².